The van der Waals surface area contributed by atoms with Gasteiger partial charge in [0.2, 0.25) is 0 Å². The van der Waals surface area contributed by atoms with Crippen molar-refractivity contribution >= 4 is 16.7 Å². The van der Waals surface area contributed by atoms with Crippen LogP contribution in [0.3, 0.4) is 0 Å². The second-order valence-corrected chi connectivity index (χ2v) is 8.58. The van der Waals surface area contributed by atoms with Crippen LogP contribution in [-0.4, -0.2) is 24.8 Å². The van der Waals surface area contributed by atoms with Gasteiger partial charge < -0.3 is 19.3 Å². The summed E-state index contributed by atoms with van der Waals surface area (Å²) in [6.45, 7) is 0.832. The van der Waals surface area contributed by atoms with Crippen molar-refractivity contribution in [3.8, 4) is 11.5 Å². The lowest BCUT2D eigenvalue weighted by atomic mass is 9.88. The average Bonchev–Trinajstić information content (AvgIpc) is 2.89. The van der Waals surface area contributed by atoms with E-state index in [4.69, 9.17) is 14.2 Å². The number of hydrogen-bond donors (Lipinski definition) is 1. The van der Waals surface area contributed by atoms with Crippen molar-refractivity contribution < 1.29 is 24.1 Å². The molecule has 5 rings (SSSR count). The van der Waals surface area contributed by atoms with Crippen LogP contribution in [0.25, 0.3) is 10.8 Å². The Balaban J connectivity index is 1.29. The predicted molar refractivity (Wildman–Crippen MR) is 130 cm³/mol. The van der Waals surface area contributed by atoms with E-state index >= 15 is 0 Å². The first-order valence-corrected chi connectivity index (χ1v) is 11.3. The third-order valence-corrected chi connectivity index (χ3v) is 6.26. The van der Waals surface area contributed by atoms with Crippen molar-refractivity contribution in [1.29, 1.82) is 0 Å². The Morgan fingerprint density at radius 2 is 1.79 bits per heavy atom. The van der Waals surface area contributed by atoms with Crippen LogP contribution in [0, 0.1) is 5.92 Å². The minimum atomic E-state index is -0.699. The van der Waals surface area contributed by atoms with Gasteiger partial charge in [-0.3, -0.25) is 0 Å². The number of methoxy groups -OCH3 is 1. The van der Waals surface area contributed by atoms with Gasteiger partial charge in [0, 0.05) is 11.5 Å². The van der Waals surface area contributed by atoms with Gasteiger partial charge in [-0.2, -0.15) is 0 Å². The maximum Gasteiger partial charge on any atom is 0.337 e. The Bertz CT molecular complexity index is 1330. The van der Waals surface area contributed by atoms with Crippen LogP contribution in [0.2, 0.25) is 0 Å². The van der Waals surface area contributed by atoms with Crippen LogP contribution in [0.1, 0.15) is 33.2 Å². The molecular weight excluding hydrogens is 428 g/mol. The second kappa shape index (κ2) is 9.57. The highest BCUT2D eigenvalue weighted by atomic mass is 16.5. The molecule has 1 aliphatic heterocycles. The summed E-state index contributed by atoms with van der Waals surface area (Å²) in [5.41, 5.74) is 3.24. The average molecular weight is 455 g/mol. The van der Waals surface area contributed by atoms with Gasteiger partial charge in [0.1, 0.15) is 18.1 Å². The van der Waals surface area contributed by atoms with Crippen molar-refractivity contribution in [2.24, 2.45) is 5.92 Å². The Kier molecular flexibility index (Phi) is 6.19. The molecule has 5 heteroatoms. The summed E-state index contributed by atoms with van der Waals surface area (Å²) in [5, 5.41) is 13.5. The predicted octanol–water partition coefficient (Wildman–Crippen LogP) is 5.49. The number of carbonyl (C=O) groups is 1. The minimum absolute atomic E-state index is 0.142. The van der Waals surface area contributed by atoms with E-state index in [0.29, 0.717) is 36.7 Å². The topological polar surface area (TPSA) is 65.0 Å². The Labute approximate surface area is 198 Å². The number of benzene rings is 4. The molecule has 0 aromatic heterocycles. The molecule has 0 aliphatic carbocycles. The van der Waals surface area contributed by atoms with E-state index in [1.165, 1.54) is 17.9 Å². The first kappa shape index (κ1) is 22.0. The van der Waals surface area contributed by atoms with Crippen LogP contribution < -0.4 is 9.47 Å². The smallest absolute Gasteiger partial charge is 0.337 e. The summed E-state index contributed by atoms with van der Waals surface area (Å²) in [4.78, 5) is 11.8. The lowest BCUT2D eigenvalue weighted by Gasteiger charge is -2.30. The molecular formula is C29H26O5. The summed E-state index contributed by atoms with van der Waals surface area (Å²) < 4.78 is 16.8. The maximum atomic E-state index is 11.8. The molecule has 0 spiro atoms. The van der Waals surface area contributed by atoms with E-state index < -0.39 is 6.10 Å². The molecule has 4 aromatic rings. The molecule has 0 amide bonds. The highest BCUT2D eigenvalue weighted by Crippen LogP contribution is 2.39. The minimum Gasteiger partial charge on any atom is -0.493 e. The number of carbonyl (C=O) groups excluding carboxylic acids is 1. The Morgan fingerprint density at radius 1 is 0.941 bits per heavy atom. The van der Waals surface area contributed by atoms with Gasteiger partial charge in [0.15, 0.2) is 0 Å². The fraction of sp³-hybridized carbons (Fsp3) is 0.207. The highest BCUT2D eigenvalue weighted by molar-refractivity contribution is 5.89. The van der Waals surface area contributed by atoms with E-state index in [1.54, 1.807) is 12.1 Å². The molecule has 5 nitrogen and oxygen atoms in total. The largest absolute Gasteiger partial charge is 0.493 e. The van der Waals surface area contributed by atoms with Gasteiger partial charge in [-0.05, 0) is 64.7 Å². The number of fused-ring (bicyclic) bond motifs is 2. The number of esters is 1. The zero-order valence-electron chi connectivity index (χ0n) is 18.9. The molecule has 1 N–H and O–H groups in total. The third-order valence-electron chi connectivity index (χ3n) is 6.26. The van der Waals surface area contributed by atoms with Gasteiger partial charge in [-0.15, -0.1) is 0 Å². The molecule has 34 heavy (non-hydrogen) atoms. The first-order chi connectivity index (χ1) is 16.6. The maximum absolute atomic E-state index is 11.8. The summed E-state index contributed by atoms with van der Waals surface area (Å²) >= 11 is 0. The van der Waals surface area contributed by atoms with Crippen LogP contribution in [0.5, 0.6) is 11.5 Å². The van der Waals surface area contributed by atoms with E-state index in [1.807, 2.05) is 42.5 Å². The lowest BCUT2D eigenvalue weighted by molar-refractivity contribution is 0.0504. The highest BCUT2D eigenvalue weighted by Gasteiger charge is 2.30. The second-order valence-electron chi connectivity index (χ2n) is 8.58. The molecule has 1 heterocycles. The summed E-state index contributed by atoms with van der Waals surface area (Å²) in [6, 6.07) is 27.4. The summed E-state index contributed by atoms with van der Waals surface area (Å²) in [5.74, 6) is 0.838. The third kappa shape index (κ3) is 4.61. The number of ether oxygens (including phenoxy) is 3. The quantitative estimate of drug-likeness (QED) is 0.390. The van der Waals surface area contributed by atoms with Crippen molar-refractivity contribution in [3.05, 3.63) is 107 Å². The number of aliphatic hydroxyl groups excluding tert-OH is 1. The lowest BCUT2D eigenvalue weighted by Crippen LogP contribution is -2.27. The zero-order valence-corrected chi connectivity index (χ0v) is 18.9. The fourth-order valence-corrected chi connectivity index (χ4v) is 4.43. The molecule has 2 atom stereocenters. The standard InChI is InChI=1S/C29H26O5/c1-32-29(31)23-8-4-5-19(13-23)14-24-18-34-27-12-11-25(16-26(27)28(24)30)33-17-20-9-10-21-6-2-3-7-22(21)15-20/h2-13,15-16,24,28,30H,14,17-18H2,1H3/t24-,28-/m0/s1. The Hall–Kier alpha value is -3.83. The van der Waals surface area contributed by atoms with Crippen LogP contribution in [0.15, 0.2) is 84.9 Å². The molecule has 172 valence electrons. The molecule has 0 fully saturated rings. The first-order valence-electron chi connectivity index (χ1n) is 11.3. The molecule has 0 saturated carbocycles. The number of hydrogen-bond acceptors (Lipinski definition) is 5. The van der Waals surface area contributed by atoms with Gasteiger partial charge in [-0.25, -0.2) is 4.79 Å². The van der Waals surface area contributed by atoms with Crippen molar-refractivity contribution in [3.63, 3.8) is 0 Å². The summed E-state index contributed by atoms with van der Waals surface area (Å²) in [7, 11) is 1.37. The molecule has 0 radical (unpaired) electrons. The normalized spacial score (nSPS) is 17.0. The Morgan fingerprint density at radius 3 is 2.65 bits per heavy atom. The van der Waals surface area contributed by atoms with Crippen LogP contribution in [0.4, 0.5) is 0 Å². The van der Waals surface area contributed by atoms with E-state index in [9.17, 15) is 9.90 Å². The van der Waals surface area contributed by atoms with E-state index in [-0.39, 0.29) is 11.9 Å². The van der Waals surface area contributed by atoms with Crippen molar-refractivity contribution in [1.82, 2.24) is 0 Å². The monoisotopic (exact) mass is 454 g/mol. The van der Waals surface area contributed by atoms with Gasteiger partial charge in [0.05, 0.1) is 25.4 Å². The van der Waals surface area contributed by atoms with E-state index in [0.717, 1.165) is 16.7 Å². The molecule has 0 saturated heterocycles. The van der Waals surface area contributed by atoms with Gasteiger partial charge >= 0.3 is 5.97 Å². The molecule has 0 unspecified atom stereocenters. The van der Waals surface area contributed by atoms with E-state index in [2.05, 4.69) is 30.3 Å². The molecule has 4 aromatic carbocycles. The number of rotatable bonds is 6. The fourth-order valence-electron chi connectivity index (χ4n) is 4.43. The zero-order chi connectivity index (χ0) is 23.5. The summed E-state index contributed by atoms with van der Waals surface area (Å²) in [6.07, 6.45) is -0.122. The SMILES string of the molecule is COC(=O)c1cccc(C[C@H]2COc3ccc(OCc4ccc5ccccc5c4)cc3[C@H]2O)c1. The van der Waals surface area contributed by atoms with Gasteiger partial charge in [0.25, 0.3) is 0 Å². The number of aliphatic hydroxyl groups is 1. The van der Waals surface area contributed by atoms with Crippen LogP contribution >= 0.6 is 0 Å². The van der Waals surface area contributed by atoms with Crippen molar-refractivity contribution in [2.75, 3.05) is 13.7 Å². The van der Waals surface area contributed by atoms with Crippen molar-refractivity contribution in [2.45, 2.75) is 19.1 Å². The molecule has 0 bridgehead atoms. The van der Waals surface area contributed by atoms with Gasteiger partial charge in [-0.1, -0.05) is 48.5 Å². The molecule has 1 aliphatic rings. The van der Waals surface area contributed by atoms with Crippen LogP contribution in [-0.2, 0) is 17.8 Å².